The molecule has 9 heteroatoms. The number of para-hydroxylation sites is 2. The second-order valence-corrected chi connectivity index (χ2v) is 6.83. The zero-order valence-corrected chi connectivity index (χ0v) is 16.0. The molecule has 0 unspecified atom stereocenters. The van der Waals surface area contributed by atoms with Crippen LogP contribution in [0.25, 0.3) is 22.9 Å². The molecule has 0 radical (unpaired) electrons. The summed E-state index contributed by atoms with van der Waals surface area (Å²) < 4.78 is 1.45. The van der Waals surface area contributed by atoms with Crippen LogP contribution in [0.2, 0.25) is 10.0 Å². The lowest BCUT2D eigenvalue weighted by Crippen LogP contribution is -2.36. The molecule has 3 heterocycles. The Bertz CT molecular complexity index is 1390. The summed E-state index contributed by atoms with van der Waals surface area (Å²) in [4.78, 5) is 21.6. The van der Waals surface area contributed by atoms with Gasteiger partial charge >= 0.3 is 0 Å². The molecule has 0 aliphatic rings. The fourth-order valence-electron chi connectivity index (χ4n) is 2.97. The van der Waals surface area contributed by atoms with Gasteiger partial charge < -0.3 is 5.43 Å². The second kappa shape index (κ2) is 7.00. The maximum absolute atomic E-state index is 13.1. The highest BCUT2D eigenvalue weighted by molar-refractivity contribution is 6.35. The number of nitriles is 1. The minimum absolute atomic E-state index is 0.287. The van der Waals surface area contributed by atoms with Gasteiger partial charge in [0.25, 0.3) is 5.56 Å². The minimum atomic E-state index is -0.287. The predicted molar refractivity (Wildman–Crippen MR) is 109 cm³/mol. The van der Waals surface area contributed by atoms with Gasteiger partial charge in [0.05, 0.1) is 31.9 Å². The van der Waals surface area contributed by atoms with Crippen molar-refractivity contribution in [1.29, 1.82) is 5.26 Å². The first kappa shape index (κ1) is 18.0. The molecule has 0 aliphatic carbocycles. The molecule has 0 saturated carbocycles. The van der Waals surface area contributed by atoms with E-state index < -0.39 is 0 Å². The van der Waals surface area contributed by atoms with Gasteiger partial charge in [-0.05, 0) is 30.7 Å². The van der Waals surface area contributed by atoms with Crippen LogP contribution in [0.3, 0.4) is 0 Å². The lowest BCUT2D eigenvalue weighted by atomic mass is 10.1. The summed E-state index contributed by atoms with van der Waals surface area (Å²) >= 11 is 11.9. The van der Waals surface area contributed by atoms with E-state index in [1.165, 1.54) is 16.8 Å². The van der Waals surface area contributed by atoms with Crippen molar-refractivity contribution in [2.75, 3.05) is 5.43 Å². The monoisotopic (exact) mass is 410 g/mol. The summed E-state index contributed by atoms with van der Waals surface area (Å²) in [5, 5.41) is 10.7. The maximum Gasteiger partial charge on any atom is 0.265 e. The Labute approximate surface area is 168 Å². The molecule has 0 atom stereocenters. The van der Waals surface area contributed by atoms with Crippen molar-refractivity contribution >= 4 is 51.9 Å². The topological polar surface area (TPSA) is 95.1 Å². The number of hydrogen-bond acceptors (Lipinski definition) is 6. The van der Waals surface area contributed by atoms with E-state index in [4.69, 9.17) is 23.2 Å². The third-order valence-corrected chi connectivity index (χ3v) is 4.82. The average Bonchev–Trinajstić information content (AvgIpc) is 3.05. The normalized spacial score (nSPS) is 11.7. The fourth-order valence-corrected chi connectivity index (χ4v) is 3.40. The quantitative estimate of drug-likeness (QED) is 0.504. The highest BCUT2D eigenvalue weighted by Gasteiger charge is 2.15. The summed E-state index contributed by atoms with van der Waals surface area (Å²) in [5.41, 5.74) is 7.83. The minimum Gasteiger partial charge on any atom is -0.306 e. The molecule has 0 fully saturated rings. The SMILES string of the molecule is Cc1c(C#N)c2nc3ccccc3n2c(=O)c1=CNNc1ncc(Cl)cc1Cl. The molecule has 0 spiro atoms. The zero-order chi connectivity index (χ0) is 19.8. The predicted octanol–water partition coefficient (Wildman–Crippen LogP) is 2.80. The lowest BCUT2D eigenvalue weighted by Gasteiger charge is -2.07. The largest absolute Gasteiger partial charge is 0.306 e. The molecule has 1 aromatic carbocycles. The number of nitrogens with one attached hydrogen (secondary N) is 2. The van der Waals surface area contributed by atoms with E-state index in [9.17, 15) is 10.1 Å². The van der Waals surface area contributed by atoms with Crippen molar-refractivity contribution < 1.29 is 0 Å². The molecule has 138 valence electrons. The molecule has 0 amide bonds. The van der Waals surface area contributed by atoms with Crippen LogP contribution in [0.1, 0.15) is 11.1 Å². The van der Waals surface area contributed by atoms with Crippen LogP contribution in [0.15, 0.2) is 41.3 Å². The number of anilines is 1. The van der Waals surface area contributed by atoms with E-state index in [1.54, 1.807) is 25.1 Å². The Morgan fingerprint density at radius 2 is 2.07 bits per heavy atom. The molecule has 3 aromatic heterocycles. The second-order valence-electron chi connectivity index (χ2n) is 5.99. The van der Waals surface area contributed by atoms with Crippen LogP contribution in [0, 0.1) is 18.3 Å². The number of nitrogens with zero attached hydrogens (tertiary/aromatic N) is 4. The molecule has 7 nitrogen and oxygen atoms in total. The third-order valence-electron chi connectivity index (χ3n) is 4.32. The van der Waals surface area contributed by atoms with E-state index in [-0.39, 0.29) is 5.56 Å². The van der Waals surface area contributed by atoms with Crippen molar-refractivity contribution in [3.05, 3.63) is 73.3 Å². The number of fused-ring (bicyclic) bond motifs is 3. The number of benzene rings is 1. The van der Waals surface area contributed by atoms with Crippen LogP contribution >= 0.6 is 23.2 Å². The van der Waals surface area contributed by atoms with Gasteiger partial charge in [-0.3, -0.25) is 14.6 Å². The highest BCUT2D eigenvalue weighted by Crippen LogP contribution is 2.21. The van der Waals surface area contributed by atoms with E-state index in [1.807, 2.05) is 12.1 Å². The van der Waals surface area contributed by atoms with Crippen LogP contribution in [0.4, 0.5) is 5.82 Å². The third kappa shape index (κ3) is 2.89. The standard InChI is InChI=1S/C19H12Cl2N6O/c1-10-12(7-22)18-25-15-4-2-3-5-16(15)27(18)19(28)13(10)9-24-26-17-14(21)6-11(20)8-23-17/h2-6,8-9,24H,1H3,(H,23,26). The number of halogens is 2. The Morgan fingerprint density at radius 1 is 1.29 bits per heavy atom. The Kier molecular flexibility index (Phi) is 4.51. The van der Waals surface area contributed by atoms with Crippen molar-refractivity contribution in [3.8, 4) is 6.07 Å². The fraction of sp³-hybridized carbons (Fsp3) is 0.0526. The number of pyridine rings is 2. The van der Waals surface area contributed by atoms with Gasteiger partial charge in [-0.1, -0.05) is 35.3 Å². The molecule has 0 saturated heterocycles. The van der Waals surface area contributed by atoms with Gasteiger partial charge in [-0.2, -0.15) is 5.26 Å². The number of imidazole rings is 1. The van der Waals surface area contributed by atoms with E-state index in [0.29, 0.717) is 48.9 Å². The van der Waals surface area contributed by atoms with Crippen molar-refractivity contribution in [1.82, 2.24) is 19.8 Å². The first-order valence-corrected chi connectivity index (χ1v) is 8.93. The van der Waals surface area contributed by atoms with E-state index in [2.05, 4.69) is 26.9 Å². The number of hydrogen-bond donors (Lipinski definition) is 2. The first-order chi connectivity index (χ1) is 13.5. The summed E-state index contributed by atoms with van der Waals surface area (Å²) in [5.74, 6) is 0.349. The Balaban J connectivity index is 1.87. The molecule has 28 heavy (non-hydrogen) atoms. The summed E-state index contributed by atoms with van der Waals surface area (Å²) in [7, 11) is 0. The summed E-state index contributed by atoms with van der Waals surface area (Å²) in [6, 6.07) is 10.9. The number of aromatic nitrogens is 3. The van der Waals surface area contributed by atoms with Gasteiger partial charge in [0.2, 0.25) is 0 Å². The molecule has 4 rings (SSSR count). The summed E-state index contributed by atoms with van der Waals surface area (Å²) in [6.07, 6.45) is 2.92. The average molecular weight is 411 g/mol. The van der Waals surface area contributed by atoms with Crippen LogP contribution in [-0.4, -0.2) is 14.4 Å². The molecular weight excluding hydrogens is 399 g/mol. The number of rotatable bonds is 3. The van der Waals surface area contributed by atoms with Gasteiger partial charge in [0, 0.05) is 12.4 Å². The summed E-state index contributed by atoms with van der Waals surface area (Å²) in [6.45, 7) is 1.71. The van der Waals surface area contributed by atoms with Crippen LogP contribution in [0.5, 0.6) is 0 Å². The lowest BCUT2D eigenvalue weighted by molar-refractivity contribution is 1.05. The zero-order valence-electron chi connectivity index (χ0n) is 14.5. The van der Waals surface area contributed by atoms with Gasteiger partial charge in [-0.25, -0.2) is 9.97 Å². The smallest absolute Gasteiger partial charge is 0.265 e. The van der Waals surface area contributed by atoms with E-state index >= 15 is 0 Å². The maximum atomic E-state index is 13.1. The van der Waals surface area contributed by atoms with Gasteiger partial charge in [0.1, 0.15) is 6.07 Å². The van der Waals surface area contributed by atoms with Gasteiger partial charge in [-0.15, -0.1) is 0 Å². The van der Waals surface area contributed by atoms with Crippen molar-refractivity contribution in [2.24, 2.45) is 0 Å². The highest BCUT2D eigenvalue weighted by atomic mass is 35.5. The first-order valence-electron chi connectivity index (χ1n) is 8.18. The molecule has 0 aliphatic heterocycles. The molecule has 0 bridgehead atoms. The van der Waals surface area contributed by atoms with Crippen molar-refractivity contribution in [2.45, 2.75) is 6.92 Å². The van der Waals surface area contributed by atoms with Crippen LogP contribution < -0.4 is 21.6 Å². The molecule has 2 N–H and O–H groups in total. The molecular formula is C19H12Cl2N6O. The Hall–Kier alpha value is -3.34. The van der Waals surface area contributed by atoms with Crippen molar-refractivity contribution in [3.63, 3.8) is 0 Å². The van der Waals surface area contributed by atoms with Gasteiger partial charge in [0.15, 0.2) is 11.5 Å². The number of hydrazine groups is 1. The Morgan fingerprint density at radius 3 is 2.82 bits per heavy atom. The molecule has 4 aromatic rings. The van der Waals surface area contributed by atoms with E-state index in [0.717, 1.165) is 0 Å². The van der Waals surface area contributed by atoms with Crippen LogP contribution in [-0.2, 0) is 0 Å².